The van der Waals surface area contributed by atoms with Gasteiger partial charge in [0.05, 0.1) is 23.6 Å². The molecule has 0 atom stereocenters. The van der Waals surface area contributed by atoms with Crippen LogP contribution in [0.2, 0.25) is 0 Å². The Balaban J connectivity index is 1.86. The van der Waals surface area contributed by atoms with Crippen molar-refractivity contribution in [3.8, 4) is 11.5 Å². The lowest BCUT2D eigenvalue weighted by molar-refractivity contribution is -0.385. The van der Waals surface area contributed by atoms with Crippen LogP contribution in [0.1, 0.15) is 5.56 Å². The van der Waals surface area contributed by atoms with E-state index in [1.807, 2.05) is 30.3 Å². The van der Waals surface area contributed by atoms with E-state index in [4.69, 9.17) is 9.47 Å². The maximum Gasteiger partial charge on any atom is 0.273 e. The lowest BCUT2D eigenvalue weighted by atomic mass is 10.1. The van der Waals surface area contributed by atoms with Gasteiger partial charge in [-0.15, -0.1) is 0 Å². The highest BCUT2D eigenvalue weighted by atomic mass is 16.6. The van der Waals surface area contributed by atoms with Gasteiger partial charge >= 0.3 is 0 Å². The minimum absolute atomic E-state index is 0.0407. The van der Waals surface area contributed by atoms with Crippen LogP contribution < -0.4 is 9.47 Å². The van der Waals surface area contributed by atoms with Gasteiger partial charge in [-0.25, -0.2) is 0 Å². The molecule has 0 spiro atoms. The Hall–Kier alpha value is -3.15. The Morgan fingerprint density at radius 1 is 1.13 bits per heavy atom. The summed E-state index contributed by atoms with van der Waals surface area (Å²) < 4.78 is 10.9. The van der Waals surface area contributed by atoms with Crippen molar-refractivity contribution < 1.29 is 14.4 Å². The minimum Gasteiger partial charge on any atom is -0.493 e. The second-order valence-electron chi connectivity index (χ2n) is 4.87. The van der Waals surface area contributed by atoms with E-state index in [1.54, 1.807) is 6.20 Å². The first kappa shape index (κ1) is 14.8. The van der Waals surface area contributed by atoms with Crippen LogP contribution in [0.15, 0.2) is 54.7 Å². The average molecular weight is 310 g/mol. The molecule has 116 valence electrons. The van der Waals surface area contributed by atoms with E-state index in [0.29, 0.717) is 18.1 Å². The van der Waals surface area contributed by atoms with E-state index in [2.05, 4.69) is 4.98 Å². The number of aromatic nitrogens is 1. The van der Waals surface area contributed by atoms with Gasteiger partial charge in [0.1, 0.15) is 6.61 Å². The number of para-hydroxylation sites is 1. The van der Waals surface area contributed by atoms with Crippen LogP contribution in [0.5, 0.6) is 11.5 Å². The molecule has 23 heavy (non-hydrogen) atoms. The lowest BCUT2D eigenvalue weighted by Gasteiger charge is -2.11. The highest BCUT2D eigenvalue weighted by Gasteiger charge is 2.13. The number of hydrogen-bond donors (Lipinski definition) is 0. The molecular weight excluding hydrogens is 296 g/mol. The summed E-state index contributed by atoms with van der Waals surface area (Å²) >= 11 is 0. The zero-order valence-electron chi connectivity index (χ0n) is 12.4. The number of benzene rings is 2. The number of methoxy groups -OCH3 is 1. The van der Waals surface area contributed by atoms with Gasteiger partial charge in [0, 0.05) is 23.2 Å². The van der Waals surface area contributed by atoms with Gasteiger partial charge in [-0.3, -0.25) is 15.1 Å². The van der Waals surface area contributed by atoms with Crippen LogP contribution in [-0.2, 0) is 6.61 Å². The minimum atomic E-state index is -0.471. The van der Waals surface area contributed by atoms with Gasteiger partial charge in [0.2, 0.25) is 0 Å². The second kappa shape index (κ2) is 6.31. The fourth-order valence-electron chi connectivity index (χ4n) is 2.33. The van der Waals surface area contributed by atoms with Crippen LogP contribution in [0.4, 0.5) is 5.69 Å². The third-order valence-electron chi connectivity index (χ3n) is 3.46. The summed E-state index contributed by atoms with van der Waals surface area (Å²) in [6, 6.07) is 14.0. The van der Waals surface area contributed by atoms with Crippen LogP contribution in [0.25, 0.3) is 10.9 Å². The Labute approximate surface area is 132 Å². The van der Waals surface area contributed by atoms with Crippen LogP contribution in [-0.4, -0.2) is 17.0 Å². The van der Waals surface area contributed by atoms with Crippen molar-refractivity contribution in [2.75, 3.05) is 7.11 Å². The molecule has 0 fully saturated rings. The molecule has 0 bridgehead atoms. The van der Waals surface area contributed by atoms with Crippen LogP contribution in [0.3, 0.4) is 0 Å². The molecule has 0 aliphatic rings. The third kappa shape index (κ3) is 3.06. The molecule has 3 aromatic rings. The van der Waals surface area contributed by atoms with Crippen molar-refractivity contribution in [2.45, 2.75) is 6.61 Å². The molecule has 0 aliphatic carbocycles. The highest BCUT2D eigenvalue weighted by molar-refractivity contribution is 5.81. The largest absolute Gasteiger partial charge is 0.493 e. The number of pyridine rings is 1. The summed E-state index contributed by atoms with van der Waals surface area (Å²) in [5.74, 6) is 0.776. The molecule has 0 N–H and O–H groups in total. The van der Waals surface area contributed by atoms with Crippen molar-refractivity contribution in [1.29, 1.82) is 0 Å². The summed E-state index contributed by atoms with van der Waals surface area (Å²) in [7, 11) is 1.45. The van der Waals surface area contributed by atoms with Crippen molar-refractivity contribution in [3.63, 3.8) is 0 Å². The first-order chi connectivity index (χ1) is 11.2. The molecule has 6 nitrogen and oxygen atoms in total. The summed E-state index contributed by atoms with van der Waals surface area (Å²) in [5.41, 5.74) is 1.76. The number of nitro benzene ring substituents is 1. The Kier molecular flexibility index (Phi) is 4.05. The van der Waals surface area contributed by atoms with Gasteiger partial charge in [0.15, 0.2) is 11.5 Å². The molecule has 2 aromatic carbocycles. The normalized spacial score (nSPS) is 10.5. The molecule has 0 unspecified atom stereocenters. The third-order valence-corrected chi connectivity index (χ3v) is 3.46. The average Bonchev–Trinajstić information content (AvgIpc) is 2.59. The number of fused-ring (bicyclic) bond motifs is 1. The molecule has 0 radical (unpaired) electrons. The van der Waals surface area contributed by atoms with Gasteiger partial charge in [-0.05, 0) is 12.1 Å². The predicted molar refractivity (Wildman–Crippen MR) is 85.7 cm³/mol. The smallest absolute Gasteiger partial charge is 0.273 e. The molecule has 0 saturated heterocycles. The Bertz CT molecular complexity index is 859. The highest BCUT2D eigenvalue weighted by Crippen LogP contribution is 2.32. The molecule has 6 heteroatoms. The number of hydrogen-bond acceptors (Lipinski definition) is 5. The van der Waals surface area contributed by atoms with E-state index in [1.165, 1.54) is 25.3 Å². The lowest BCUT2D eigenvalue weighted by Crippen LogP contribution is -2.00. The zero-order valence-corrected chi connectivity index (χ0v) is 12.4. The molecule has 1 heterocycles. The molecule has 0 aliphatic heterocycles. The van der Waals surface area contributed by atoms with Crippen LogP contribution in [0, 0.1) is 10.1 Å². The number of nitro groups is 1. The molecule has 1 aromatic heterocycles. The monoisotopic (exact) mass is 310 g/mol. The maximum absolute atomic E-state index is 10.8. The van der Waals surface area contributed by atoms with Gasteiger partial charge < -0.3 is 9.47 Å². The fourth-order valence-corrected chi connectivity index (χ4v) is 2.33. The first-order valence-electron chi connectivity index (χ1n) is 6.97. The van der Waals surface area contributed by atoms with Crippen molar-refractivity contribution >= 4 is 16.6 Å². The van der Waals surface area contributed by atoms with Gasteiger partial charge in [0.25, 0.3) is 5.69 Å². The summed E-state index contributed by atoms with van der Waals surface area (Å²) in [6.45, 7) is 0.294. The second-order valence-corrected chi connectivity index (χ2v) is 4.87. The summed E-state index contributed by atoms with van der Waals surface area (Å²) in [6.07, 6.45) is 1.73. The number of nitrogens with zero attached hydrogens (tertiary/aromatic N) is 2. The Morgan fingerprint density at radius 2 is 1.96 bits per heavy atom. The predicted octanol–water partition coefficient (Wildman–Crippen LogP) is 3.73. The van der Waals surface area contributed by atoms with Crippen molar-refractivity contribution in [3.05, 3.63) is 70.4 Å². The maximum atomic E-state index is 10.8. The van der Waals surface area contributed by atoms with Gasteiger partial charge in [-0.2, -0.15) is 0 Å². The van der Waals surface area contributed by atoms with E-state index in [9.17, 15) is 10.1 Å². The van der Waals surface area contributed by atoms with Crippen molar-refractivity contribution in [1.82, 2.24) is 4.98 Å². The SMILES string of the molecule is COc1cc([N+](=O)[O-])ccc1OCc1cccc2cccnc12. The van der Waals surface area contributed by atoms with E-state index in [-0.39, 0.29) is 5.69 Å². The summed E-state index contributed by atoms with van der Waals surface area (Å²) in [4.78, 5) is 14.7. The Morgan fingerprint density at radius 3 is 2.74 bits per heavy atom. The van der Waals surface area contributed by atoms with E-state index in [0.717, 1.165) is 16.5 Å². The zero-order chi connectivity index (χ0) is 16.2. The molecular formula is C17H14N2O4. The van der Waals surface area contributed by atoms with E-state index >= 15 is 0 Å². The first-order valence-corrected chi connectivity index (χ1v) is 6.97. The van der Waals surface area contributed by atoms with Crippen molar-refractivity contribution in [2.24, 2.45) is 0 Å². The molecule has 3 rings (SSSR count). The standard InChI is InChI=1S/C17H14N2O4/c1-22-16-10-14(19(20)21)7-8-15(16)23-11-13-5-2-4-12-6-3-9-18-17(12)13/h2-10H,11H2,1H3. The number of rotatable bonds is 5. The number of ether oxygens (including phenoxy) is 2. The van der Waals surface area contributed by atoms with Gasteiger partial charge in [-0.1, -0.05) is 24.3 Å². The molecule has 0 amide bonds. The fraction of sp³-hybridized carbons (Fsp3) is 0.118. The topological polar surface area (TPSA) is 74.5 Å². The van der Waals surface area contributed by atoms with E-state index < -0.39 is 4.92 Å². The molecule has 0 saturated carbocycles. The van der Waals surface area contributed by atoms with Crippen LogP contribution >= 0.6 is 0 Å². The number of non-ortho nitro benzene ring substituents is 1. The summed E-state index contributed by atoms with van der Waals surface area (Å²) in [5, 5.41) is 11.8. The quantitative estimate of drug-likeness (QED) is 0.530.